The number of carbonyl (C=O) groups is 1. The third kappa shape index (κ3) is 4.69. The van der Waals surface area contributed by atoms with Crippen LogP contribution in [0.5, 0.6) is 17.2 Å². The molecule has 0 aliphatic rings. The molecule has 31 heavy (non-hydrogen) atoms. The minimum Gasteiger partial charge on any atom is -0.493 e. The molecule has 0 aliphatic heterocycles. The van der Waals surface area contributed by atoms with Crippen LogP contribution in [0.2, 0.25) is 0 Å². The van der Waals surface area contributed by atoms with Crippen molar-refractivity contribution >= 4 is 23.4 Å². The van der Waals surface area contributed by atoms with Crippen molar-refractivity contribution in [2.24, 2.45) is 0 Å². The van der Waals surface area contributed by atoms with E-state index in [1.54, 1.807) is 24.1 Å². The highest BCUT2D eigenvalue weighted by Gasteiger charge is 2.20. The first-order valence-electron chi connectivity index (χ1n) is 9.36. The van der Waals surface area contributed by atoms with E-state index in [1.807, 2.05) is 31.2 Å². The van der Waals surface area contributed by atoms with Crippen LogP contribution < -0.4 is 25.0 Å². The summed E-state index contributed by atoms with van der Waals surface area (Å²) in [4.78, 5) is 14.2. The molecule has 0 atom stereocenters. The fourth-order valence-corrected chi connectivity index (χ4v) is 3.69. The molecule has 0 fully saturated rings. The normalized spacial score (nSPS) is 10.6. The second kappa shape index (κ2) is 9.61. The number of methoxy groups -OCH3 is 3. The first kappa shape index (κ1) is 22.3. The van der Waals surface area contributed by atoms with Gasteiger partial charge in [-0.05, 0) is 31.2 Å². The molecule has 2 aromatic carbocycles. The topological polar surface area (TPSA) is 105 Å². The second-order valence-corrected chi connectivity index (χ2v) is 7.61. The lowest BCUT2D eigenvalue weighted by atomic mass is 10.1. The van der Waals surface area contributed by atoms with E-state index in [0.717, 1.165) is 11.3 Å². The molecular formula is C21H25N5O4S. The van der Waals surface area contributed by atoms with E-state index in [1.165, 1.54) is 37.8 Å². The third-order valence-electron chi connectivity index (χ3n) is 4.71. The number of rotatable bonds is 8. The first-order chi connectivity index (χ1) is 14.9. The van der Waals surface area contributed by atoms with Gasteiger partial charge in [0.2, 0.25) is 16.8 Å². The number of nitrogens with zero attached hydrogens (tertiary/aromatic N) is 4. The Balaban J connectivity index is 1.77. The lowest BCUT2D eigenvalue weighted by Gasteiger charge is -2.17. The van der Waals surface area contributed by atoms with Crippen molar-refractivity contribution in [3.8, 4) is 28.6 Å². The summed E-state index contributed by atoms with van der Waals surface area (Å²) >= 11 is 1.21. The van der Waals surface area contributed by atoms with Gasteiger partial charge in [-0.15, -0.1) is 10.2 Å². The Hall–Kier alpha value is -3.40. The minimum absolute atomic E-state index is 0.0776. The number of aromatic nitrogens is 3. The summed E-state index contributed by atoms with van der Waals surface area (Å²) in [5.74, 6) is 8.12. The zero-order chi connectivity index (χ0) is 22.5. The number of carbonyl (C=O) groups excluding carboxylic acids is 1. The van der Waals surface area contributed by atoms with E-state index in [2.05, 4.69) is 10.2 Å². The molecule has 2 N–H and O–H groups in total. The van der Waals surface area contributed by atoms with Gasteiger partial charge in [-0.3, -0.25) is 4.79 Å². The molecule has 1 amide bonds. The smallest absolute Gasteiger partial charge is 0.237 e. The van der Waals surface area contributed by atoms with E-state index in [0.29, 0.717) is 33.8 Å². The number of anilines is 1. The number of nitrogens with two attached hydrogens (primary N) is 1. The van der Waals surface area contributed by atoms with E-state index in [-0.39, 0.29) is 11.7 Å². The van der Waals surface area contributed by atoms with Crippen molar-refractivity contribution in [3.63, 3.8) is 0 Å². The molecule has 10 heteroatoms. The number of hydrogen-bond acceptors (Lipinski definition) is 8. The Bertz CT molecular complexity index is 1040. The van der Waals surface area contributed by atoms with Gasteiger partial charge in [0, 0.05) is 18.3 Å². The van der Waals surface area contributed by atoms with Gasteiger partial charge in [0.1, 0.15) is 0 Å². The Morgan fingerprint density at radius 3 is 2.23 bits per heavy atom. The van der Waals surface area contributed by atoms with Crippen LogP contribution in [0.15, 0.2) is 41.6 Å². The van der Waals surface area contributed by atoms with Crippen LogP contribution in [0.4, 0.5) is 5.69 Å². The van der Waals surface area contributed by atoms with Crippen LogP contribution in [-0.4, -0.2) is 54.9 Å². The SMILES string of the molecule is COc1cc(-c2nnc(SCC(=O)N(C)c3ccc(C)cc3)n2N)cc(OC)c1OC. The van der Waals surface area contributed by atoms with Gasteiger partial charge in [-0.25, -0.2) is 4.68 Å². The van der Waals surface area contributed by atoms with Gasteiger partial charge >= 0.3 is 0 Å². The average molecular weight is 444 g/mol. The summed E-state index contributed by atoms with van der Waals surface area (Å²) in [5, 5.41) is 8.71. The second-order valence-electron chi connectivity index (χ2n) is 6.67. The lowest BCUT2D eigenvalue weighted by Crippen LogP contribution is -2.28. The molecule has 0 radical (unpaired) electrons. The van der Waals surface area contributed by atoms with Gasteiger partial charge in [0.15, 0.2) is 17.3 Å². The lowest BCUT2D eigenvalue weighted by molar-refractivity contribution is -0.115. The van der Waals surface area contributed by atoms with Crippen molar-refractivity contribution in [1.82, 2.24) is 14.9 Å². The number of hydrogen-bond donors (Lipinski definition) is 1. The molecular weight excluding hydrogens is 418 g/mol. The quantitative estimate of drug-likeness (QED) is 0.419. The predicted molar refractivity (Wildman–Crippen MR) is 121 cm³/mol. The largest absolute Gasteiger partial charge is 0.493 e. The fraction of sp³-hybridized carbons (Fsp3) is 0.286. The Labute approximate surface area is 185 Å². The first-order valence-corrected chi connectivity index (χ1v) is 10.3. The van der Waals surface area contributed by atoms with Crippen LogP contribution in [0.3, 0.4) is 0 Å². The number of ether oxygens (including phenoxy) is 3. The van der Waals surface area contributed by atoms with Crippen molar-refractivity contribution in [3.05, 3.63) is 42.0 Å². The maximum Gasteiger partial charge on any atom is 0.237 e. The van der Waals surface area contributed by atoms with Gasteiger partial charge in [-0.2, -0.15) is 0 Å². The van der Waals surface area contributed by atoms with E-state index in [4.69, 9.17) is 20.1 Å². The zero-order valence-electron chi connectivity index (χ0n) is 18.1. The van der Waals surface area contributed by atoms with E-state index >= 15 is 0 Å². The standard InChI is InChI=1S/C21H25N5O4S/c1-13-6-8-15(9-7-13)25(2)18(27)12-31-21-24-23-20(26(21)22)14-10-16(28-3)19(30-5)17(11-14)29-4/h6-11H,12,22H2,1-5H3. The number of aryl methyl sites for hydroxylation is 1. The Morgan fingerprint density at radius 2 is 1.68 bits per heavy atom. The minimum atomic E-state index is -0.0776. The molecule has 0 bridgehead atoms. The highest BCUT2D eigenvalue weighted by atomic mass is 32.2. The highest BCUT2D eigenvalue weighted by Crippen LogP contribution is 2.40. The highest BCUT2D eigenvalue weighted by molar-refractivity contribution is 7.99. The Kier molecular flexibility index (Phi) is 6.91. The number of benzene rings is 2. The van der Waals surface area contributed by atoms with Crippen molar-refractivity contribution in [2.75, 3.05) is 44.9 Å². The van der Waals surface area contributed by atoms with Crippen molar-refractivity contribution in [1.29, 1.82) is 0 Å². The zero-order valence-corrected chi connectivity index (χ0v) is 18.9. The monoisotopic (exact) mass is 443 g/mol. The molecule has 0 unspecified atom stereocenters. The molecule has 0 spiro atoms. The van der Waals surface area contributed by atoms with Gasteiger partial charge in [0.05, 0.1) is 27.1 Å². The van der Waals surface area contributed by atoms with Gasteiger partial charge in [-0.1, -0.05) is 29.5 Å². The van der Waals surface area contributed by atoms with Crippen LogP contribution in [0.1, 0.15) is 5.56 Å². The predicted octanol–water partition coefficient (Wildman–Crippen LogP) is 2.75. The van der Waals surface area contributed by atoms with Gasteiger partial charge in [0.25, 0.3) is 0 Å². The van der Waals surface area contributed by atoms with E-state index in [9.17, 15) is 4.79 Å². The summed E-state index contributed by atoms with van der Waals surface area (Å²) < 4.78 is 17.4. The maximum absolute atomic E-state index is 12.6. The molecule has 1 aromatic heterocycles. The number of amides is 1. The van der Waals surface area contributed by atoms with Crippen molar-refractivity contribution < 1.29 is 19.0 Å². The fourth-order valence-electron chi connectivity index (χ4n) is 2.92. The summed E-state index contributed by atoms with van der Waals surface area (Å²) in [6.07, 6.45) is 0. The maximum atomic E-state index is 12.6. The van der Waals surface area contributed by atoms with Crippen molar-refractivity contribution in [2.45, 2.75) is 12.1 Å². The Morgan fingerprint density at radius 1 is 1.06 bits per heavy atom. The molecule has 1 heterocycles. The van der Waals surface area contributed by atoms with Crippen LogP contribution >= 0.6 is 11.8 Å². The van der Waals surface area contributed by atoms with Crippen LogP contribution in [-0.2, 0) is 4.79 Å². The van der Waals surface area contributed by atoms with E-state index < -0.39 is 0 Å². The van der Waals surface area contributed by atoms with Crippen LogP contribution in [0.25, 0.3) is 11.4 Å². The molecule has 3 aromatic rings. The van der Waals surface area contributed by atoms with Gasteiger partial charge < -0.3 is 25.0 Å². The summed E-state index contributed by atoms with van der Waals surface area (Å²) in [5.41, 5.74) is 2.59. The molecule has 164 valence electrons. The van der Waals surface area contributed by atoms with Crippen LogP contribution in [0, 0.1) is 6.92 Å². The summed E-state index contributed by atoms with van der Waals surface area (Å²) in [6, 6.07) is 11.2. The molecule has 0 aliphatic carbocycles. The molecule has 0 saturated carbocycles. The third-order valence-corrected chi connectivity index (χ3v) is 5.64. The average Bonchev–Trinajstić information content (AvgIpc) is 3.16. The number of nitrogen functional groups attached to an aromatic ring is 1. The molecule has 9 nitrogen and oxygen atoms in total. The molecule has 3 rings (SSSR count). The number of thioether (sulfide) groups is 1. The summed E-state index contributed by atoms with van der Waals surface area (Å²) in [6.45, 7) is 2.00. The molecule has 0 saturated heterocycles. The summed E-state index contributed by atoms with van der Waals surface area (Å²) in [7, 11) is 6.34.